The number of amides is 1. The maximum Gasteiger partial charge on any atom is 0.407 e. The molecule has 0 saturated carbocycles. The molecule has 1 aliphatic heterocycles. The normalized spacial score (nSPS) is 14.1. The minimum atomic E-state index is -3.90. The number of rotatable bonds is 17. The van der Waals surface area contributed by atoms with Crippen LogP contribution >= 0.6 is 23.2 Å². The second-order valence-electron chi connectivity index (χ2n) is 16.6. The number of alkyl carbamates (subject to hydrolysis) is 1. The third-order valence-corrected chi connectivity index (χ3v) is 13.1. The molecule has 23 heteroatoms. The molecular weight excluding hydrogens is 984 g/mol. The van der Waals surface area contributed by atoms with Gasteiger partial charge in [0.2, 0.25) is 10.0 Å². The van der Waals surface area contributed by atoms with Crippen molar-refractivity contribution in [3.8, 4) is 0 Å². The first-order valence-electron chi connectivity index (χ1n) is 22.1. The van der Waals surface area contributed by atoms with Crippen LogP contribution in [0.5, 0.6) is 0 Å². The number of nitrogen functional groups attached to an aromatic ring is 1. The van der Waals surface area contributed by atoms with E-state index >= 15 is 0 Å². The summed E-state index contributed by atoms with van der Waals surface area (Å²) in [6.07, 6.45) is 0.143. The number of carboxylic acid groups (broad SMARTS) is 1. The SMILES string of the molecule is CC(C)CN(C[C@@H](O)[C@H](Cc1ccccc1)NC(=O)O[C@H]1CCOC1)S(=O)(=O)c1ccc(N)cc1.Cn1cnc2c1c(=O)[nH]c(=O)n2C.O=C(O)COC(=O)Cc1ccccc1Nc1c(Cl)cccc1Cl. The number of hydrogen-bond donors (Lipinski definition) is 6. The van der Waals surface area contributed by atoms with Crippen LogP contribution in [0.1, 0.15) is 31.4 Å². The van der Waals surface area contributed by atoms with Gasteiger partial charge in [-0.05, 0) is 65.9 Å². The molecule has 3 atom stereocenters. The highest BCUT2D eigenvalue weighted by Gasteiger charge is 2.32. The number of nitrogens with one attached hydrogen (secondary N) is 3. The fraction of sp³-hybridized carbons (Fsp3) is 0.333. The van der Waals surface area contributed by atoms with Crippen molar-refractivity contribution in [3.05, 3.63) is 145 Å². The highest BCUT2D eigenvalue weighted by molar-refractivity contribution is 7.89. The zero-order valence-electron chi connectivity index (χ0n) is 39.3. The van der Waals surface area contributed by atoms with Crippen molar-refractivity contribution in [3.63, 3.8) is 0 Å². The van der Waals surface area contributed by atoms with E-state index in [-0.39, 0.29) is 36.4 Å². The quantitative estimate of drug-likeness (QED) is 0.0501. The summed E-state index contributed by atoms with van der Waals surface area (Å²) in [4.78, 5) is 63.3. The number of carboxylic acids is 1. The lowest BCUT2D eigenvalue weighted by molar-refractivity contribution is -0.154. The number of para-hydroxylation sites is 2. The van der Waals surface area contributed by atoms with Crippen LogP contribution in [0, 0.1) is 5.92 Å². The van der Waals surface area contributed by atoms with Gasteiger partial charge in [0, 0.05) is 45.0 Å². The third-order valence-electron chi connectivity index (χ3n) is 10.6. The summed E-state index contributed by atoms with van der Waals surface area (Å²) in [5, 5.41) is 26.4. The average molecular weight is 1040 g/mol. The summed E-state index contributed by atoms with van der Waals surface area (Å²) < 4.78 is 46.2. The molecule has 6 aromatic rings. The third kappa shape index (κ3) is 16.1. The Bertz CT molecular complexity index is 2960. The van der Waals surface area contributed by atoms with Gasteiger partial charge in [0.05, 0.1) is 58.7 Å². The predicted octanol–water partition coefficient (Wildman–Crippen LogP) is 5.27. The van der Waals surface area contributed by atoms with Gasteiger partial charge in [-0.25, -0.2) is 27.8 Å². The summed E-state index contributed by atoms with van der Waals surface area (Å²) in [5.74, 6) is -1.82. The number of benzene rings is 4. The van der Waals surface area contributed by atoms with E-state index in [4.69, 9.17) is 43.5 Å². The Morgan fingerprint density at radius 3 is 2.25 bits per heavy atom. The Hall–Kier alpha value is -6.75. The molecule has 1 saturated heterocycles. The molecule has 20 nitrogen and oxygen atoms in total. The van der Waals surface area contributed by atoms with E-state index in [1.54, 1.807) is 61.1 Å². The summed E-state index contributed by atoms with van der Waals surface area (Å²) in [5.41, 5.74) is 8.81. The monoisotopic (exact) mass is 1040 g/mol. The smallest absolute Gasteiger partial charge is 0.407 e. The lowest BCUT2D eigenvalue weighted by Gasteiger charge is -2.30. The first-order valence-corrected chi connectivity index (χ1v) is 24.3. The zero-order valence-corrected chi connectivity index (χ0v) is 41.6. The largest absolute Gasteiger partial charge is 0.479 e. The van der Waals surface area contributed by atoms with E-state index in [0.717, 1.165) is 5.56 Å². The van der Waals surface area contributed by atoms with Crippen molar-refractivity contribution in [2.24, 2.45) is 20.0 Å². The number of ether oxygens (including phenoxy) is 3. The van der Waals surface area contributed by atoms with Crippen molar-refractivity contribution in [2.75, 3.05) is 44.0 Å². The minimum absolute atomic E-state index is 0.0126. The summed E-state index contributed by atoms with van der Waals surface area (Å²) in [7, 11) is -0.638. The first kappa shape index (κ1) is 55.2. The van der Waals surface area contributed by atoms with Crippen LogP contribution < -0.4 is 27.6 Å². The van der Waals surface area contributed by atoms with E-state index in [1.165, 1.54) is 39.5 Å². The highest BCUT2D eigenvalue weighted by Crippen LogP contribution is 2.34. The van der Waals surface area contributed by atoms with Crippen LogP contribution in [-0.4, -0.2) is 111 Å². The molecule has 1 fully saturated rings. The molecule has 4 aromatic carbocycles. The molecule has 0 unspecified atom stereocenters. The van der Waals surface area contributed by atoms with Gasteiger partial charge < -0.3 is 45.4 Å². The Morgan fingerprint density at radius 1 is 0.958 bits per heavy atom. The van der Waals surface area contributed by atoms with Crippen LogP contribution in [0.25, 0.3) is 11.2 Å². The number of halogens is 2. The van der Waals surface area contributed by atoms with Gasteiger partial charge in [0.1, 0.15) is 6.10 Å². The number of aliphatic hydroxyl groups is 1. The number of sulfonamides is 1. The highest BCUT2D eigenvalue weighted by atomic mass is 35.5. The van der Waals surface area contributed by atoms with Crippen LogP contribution in [-0.2, 0) is 60.8 Å². The number of aryl methyl sites for hydroxylation is 2. The van der Waals surface area contributed by atoms with Crippen molar-refractivity contribution >= 4 is 79.5 Å². The lowest BCUT2D eigenvalue weighted by Crippen LogP contribution is -2.51. The predicted molar refractivity (Wildman–Crippen MR) is 268 cm³/mol. The van der Waals surface area contributed by atoms with E-state index in [0.29, 0.717) is 69.9 Å². The molecule has 7 N–H and O–H groups in total. The minimum Gasteiger partial charge on any atom is -0.479 e. The summed E-state index contributed by atoms with van der Waals surface area (Å²) >= 11 is 12.2. The van der Waals surface area contributed by atoms with Gasteiger partial charge in [-0.15, -0.1) is 0 Å². The zero-order chi connectivity index (χ0) is 51.8. The van der Waals surface area contributed by atoms with Gasteiger partial charge in [0.15, 0.2) is 17.8 Å². The second kappa shape index (κ2) is 25.9. The average Bonchev–Trinajstić information content (AvgIpc) is 3.99. The summed E-state index contributed by atoms with van der Waals surface area (Å²) in [6.45, 7) is 4.01. The molecule has 7 rings (SSSR count). The lowest BCUT2D eigenvalue weighted by atomic mass is 10.0. The van der Waals surface area contributed by atoms with Gasteiger partial charge in [0.25, 0.3) is 5.56 Å². The van der Waals surface area contributed by atoms with Gasteiger partial charge in [-0.1, -0.05) is 91.6 Å². The second-order valence-corrected chi connectivity index (χ2v) is 19.4. The van der Waals surface area contributed by atoms with E-state index in [9.17, 15) is 37.5 Å². The molecule has 71 heavy (non-hydrogen) atoms. The number of carbonyl (C=O) groups is 3. The van der Waals surface area contributed by atoms with Gasteiger partial charge in [-0.3, -0.25) is 19.1 Å². The van der Waals surface area contributed by atoms with E-state index < -0.39 is 58.1 Å². The number of imidazole rings is 1. The van der Waals surface area contributed by atoms with Crippen molar-refractivity contribution in [2.45, 2.75) is 56.3 Å². The van der Waals surface area contributed by atoms with Gasteiger partial charge >= 0.3 is 23.7 Å². The number of carbonyl (C=O) groups excluding carboxylic acids is 2. The number of fused-ring (bicyclic) bond motifs is 1. The fourth-order valence-electron chi connectivity index (χ4n) is 7.06. The number of esters is 1. The molecular formula is C48H56Cl2N8O12S. The Labute approximate surface area is 419 Å². The topological polar surface area (TPSA) is 279 Å². The number of H-pyrrole nitrogens is 1. The maximum atomic E-state index is 13.4. The van der Waals surface area contributed by atoms with E-state index in [1.807, 2.05) is 44.2 Å². The number of hydrogen-bond acceptors (Lipinski definition) is 14. The number of anilines is 3. The van der Waals surface area contributed by atoms with Crippen molar-refractivity contribution in [1.29, 1.82) is 0 Å². The first-order chi connectivity index (χ1) is 33.7. The standard InChI is InChI=1S/C25H35N3O6S.C16H13Cl2NO4.C7H8N4O2/c1-18(2)15-28(35(31,32)22-10-8-20(26)9-11-22)16-24(29)23(14-19-6-4-3-5-7-19)27-25(30)34-21-12-13-33-17-21;17-11-5-3-6-12(18)16(11)19-13-7-2-1-4-10(13)8-15(22)23-9-14(20)21;1-10-3-8-5-4(10)6(12)9-7(13)11(5)2/h3-11,18,21,23-24,29H,12-17,26H2,1-2H3,(H,27,30);1-7,19H,8-9H2,(H,20,21);3H,1-2H3,(H,9,12,13)/t21-,23-,24+;;/m0../s1. The Kier molecular flexibility index (Phi) is 20.1. The van der Waals surface area contributed by atoms with Crippen molar-refractivity contribution in [1.82, 2.24) is 28.7 Å². The maximum absolute atomic E-state index is 13.4. The Balaban J connectivity index is 0.000000221. The Morgan fingerprint density at radius 2 is 1.62 bits per heavy atom. The number of nitrogens with two attached hydrogens (primary N) is 1. The number of aliphatic hydroxyl groups excluding tert-OH is 1. The van der Waals surface area contributed by atoms with Crippen molar-refractivity contribution < 1.29 is 47.2 Å². The fourth-order valence-corrected chi connectivity index (χ4v) is 9.17. The van der Waals surface area contributed by atoms with E-state index in [2.05, 4.69) is 25.3 Å². The molecule has 0 bridgehead atoms. The molecule has 0 radical (unpaired) electrons. The molecule has 2 aromatic heterocycles. The van der Waals surface area contributed by atoms with Crippen LogP contribution in [0.2, 0.25) is 10.0 Å². The number of aromatic amines is 1. The molecule has 380 valence electrons. The summed E-state index contributed by atoms with van der Waals surface area (Å²) in [6, 6.07) is 26.7. The van der Waals surface area contributed by atoms with Crippen LogP contribution in [0.15, 0.2) is 118 Å². The molecule has 3 heterocycles. The van der Waals surface area contributed by atoms with Crippen LogP contribution in [0.4, 0.5) is 21.9 Å². The van der Waals surface area contributed by atoms with Crippen LogP contribution in [0.3, 0.4) is 0 Å². The molecule has 0 aliphatic carbocycles. The number of aliphatic carboxylic acids is 1. The molecule has 0 spiro atoms. The molecule has 1 amide bonds. The number of aromatic nitrogens is 4. The number of nitrogens with zero attached hydrogens (tertiary/aromatic N) is 4. The molecule has 1 aliphatic rings. The van der Waals surface area contributed by atoms with Gasteiger partial charge in [-0.2, -0.15) is 4.31 Å².